The van der Waals surface area contributed by atoms with E-state index in [-0.39, 0.29) is 36.1 Å². The first-order chi connectivity index (χ1) is 18.1. The predicted octanol–water partition coefficient (Wildman–Crippen LogP) is 3.52. The second kappa shape index (κ2) is 13.4. The number of nitrogens with one attached hydrogen (secondary N) is 2. The van der Waals surface area contributed by atoms with Gasteiger partial charge in [-0.3, -0.25) is 9.48 Å². The molecular formula is C27H40N6O5. The van der Waals surface area contributed by atoms with Gasteiger partial charge in [0.05, 0.1) is 37.6 Å². The van der Waals surface area contributed by atoms with Crippen molar-refractivity contribution >= 4 is 17.8 Å². The number of carbonyl (C=O) groups excluding carboxylic acids is 2. The summed E-state index contributed by atoms with van der Waals surface area (Å²) in [6.07, 6.45) is 8.51. The molecule has 2 N–H and O–H groups in total. The molecule has 2 aromatic heterocycles. The maximum Gasteiger partial charge on any atom is 0.407 e. The van der Waals surface area contributed by atoms with Crippen LogP contribution in [-0.4, -0.2) is 70.1 Å². The minimum Gasteiger partial charge on any atom is -0.446 e. The van der Waals surface area contributed by atoms with Gasteiger partial charge < -0.3 is 24.8 Å². The van der Waals surface area contributed by atoms with Crippen LogP contribution in [0.25, 0.3) is 0 Å². The lowest BCUT2D eigenvalue weighted by molar-refractivity contribution is 0.0552. The van der Waals surface area contributed by atoms with Crippen LogP contribution in [0.2, 0.25) is 0 Å². The summed E-state index contributed by atoms with van der Waals surface area (Å²) in [4.78, 5) is 25.2. The molecule has 0 saturated heterocycles. The largest absolute Gasteiger partial charge is 0.446 e. The standard InChI is InChI=1S/C27H40N6O5/c1-7-13-36-15-16-37-14-12-32-23(10-11-28-32)25(34)30-24-18-22(31-33(24)27(4,5)6)20-8-9-21(17-20)38-26(35)29-19(2)3/h1,10-11,18-21H,8-9,12-17H2,2-6H3,(H,29,35)(H,30,34)/t20-,21+/m0/s1. The van der Waals surface area contributed by atoms with Crippen LogP contribution in [-0.2, 0) is 26.3 Å². The van der Waals surface area contributed by atoms with Crippen LogP contribution in [0.1, 0.15) is 76.0 Å². The Morgan fingerprint density at radius 3 is 2.68 bits per heavy atom. The van der Waals surface area contributed by atoms with Gasteiger partial charge in [-0.05, 0) is 59.9 Å². The Labute approximate surface area is 224 Å². The summed E-state index contributed by atoms with van der Waals surface area (Å²) < 4.78 is 19.8. The Balaban J connectivity index is 1.63. The molecule has 1 fully saturated rings. The van der Waals surface area contributed by atoms with Gasteiger partial charge in [0.25, 0.3) is 5.91 Å². The molecule has 0 aromatic carbocycles. The maximum absolute atomic E-state index is 13.2. The lowest BCUT2D eigenvalue weighted by Crippen LogP contribution is -2.33. The van der Waals surface area contributed by atoms with Crippen LogP contribution in [0, 0.1) is 12.3 Å². The summed E-state index contributed by atoms with van der Waals surface area (Å²) in [5.74, 6) is 2.86. The fourth-order valence-corrected chi connectivity index (χ4v) is 4.32. The van der Waals surface area contributed by atoms with Gasteiger partial charge in [0.1, 0.15) is 24.2 Å². The first-order valence-electron chi connectivity index (χ1n) is 13.1. The van der Waals surface area contributed by atoms with E-state index in [0.717, 1.165) is 18.5 Å². The number of hydrogen-bond donors (Lipinski definition) is 2. The Morgan fingerprint density at radius 1 is 1.21 bits per heavy atom. The normalized spacial score (nSPS) is 17.4. The molecule has 1 aliphatic carbocycles. The molecule has 11 heteroatoms. The van der Waals surface area contributed by atoms with Gasteiger partial charge in [-0.1, -0.05) is 5.92 Å². The maximum atomic E-state index is 13.2. The molecule has 2 heterocycles. The zero-order chi connectivity index (χ0) is 27.7. The van der Waals surface area contributed by atoms with Gasteiger partial charge in [-0.25, -0.2) is 9.48 Å². The molecular weight excluding hydrogens is 488 g/mol. The monoisotopic (exact) mass is 528 g/mol. The molecule has 11 nitrogen and oxygen atoms in total. The first kappa shape index (κ1) is 29.2. The van der Waals surface area contributed by atoms with E-state index >= 15 is 0 Å². The summed E-state index contributed by atoms with van der Waals surface area (Å²) >= 11 is 0. The minimum atomic E-state index is -0.391. The molecule has 0 spiro atoms. The second-order valence-corrected chi connectivity index (χ2v) is 10.6. The van der Waals surface area contributed by atoms with Crippen LogP contribution < -0.4 is 10.6 Å². The van der Waals surface area contributed by atoms with Crippen molar-refractivity contribution in [3.8, 4) is 12.3 Å². The summed E-state index contributed by atoms with van der Waals surface area (Å²) in [6, 6.07) is 3.62. The highest BCUT2D eigenvalue weighted by molar-refractivity contribution is 6.02. The Morgan fingerprint density at radius 2 is 1.97 bits per heavy atom. The molecule has 0 unspecified atom stereocenters. The van der Waals surface area contributed by atoms with Gasteiger partial charge in [-0.2, -0.15) is 10.2 Å². The third-order valence-corrected chi connectivity index (χ3v) is 6.04. The quantitative estimate of drug-likeness (QED) is 0.319. The highest BCUT2D eigenvalue weighted by Gasteiger charge is 2.32. The third-order valence-electron chi connectivity index (χ3n) is 6.04. The molecule has 1 aliphatic rings. The third kappa shape index (κ3) is 8.33. The number of amides is 2. The number of anilines is 1. The van der Waals surface area contributed by atoms with Gasteiger partial charge in [0, 0.05) is 24.2 Å². The zero-order valence-electron chi connectivity index (χ0n) is 23.0. The molecule has 0 radical (unpaired) electrons. The zero-order valence-corrected chi connectivity index (χ0v) is 23.0. The van der Waals surface area contributed by atoms with E-state index < -0.39 is 6.09 Å². The van der Waals surface area contributed by atoms with Crippen LogP contribution in [0.4, 0.5) is 10.6 Å². The van der Waals surface area contributed by atoms with E-state index in [0.29, 0.717) is 44.3 Å². The van der Waals surface area contributed by atoms with Crippen molar-refractivity contribution < 1.29 is 23.8 Å². The van der Waals surface area contributed by atoms with Crippen molar-refractivity contribution in [3.63, 3.8) is 0 Å². The molecule has 3 rings (SSSR count). The molecule has 0 aliphatic heterocycles. The number of hydrogen-bond acceptors (Lipinski definition) is 7. The van der Waals surface area contributed by atoms with Crippen molar-refractivity contribution in [2.24, 2.45) is 0 Å². The lowest BCUT2D eigenvalue weighted by atomic mass is 10.0. The topological polar surface area (TPSA) is 122 Å². The molecule has 38 heavy (non-hydrogen) atoms. The fraction of sp³-hybridized carbons (Fsp3) is 0.630. The van der Waals surface area contributed by atoms with Crippen molar-refractivity contribution in [2.75, 3.05) is 31.7 Å². The van der Waals surface area contributed by atoms with Crippen LogP contribution in [0.5, 0.6) is 0 Å². The Bertz CT molecular complexity index is 1110. The Kier molecular flexibility index (Phi) is 10.3. The van der Waals surface area contributed by atoms with Crippen molar-refractivity contribution in [3.05, 3.63) is 29.7 Å². The number of carbonyl (C=O) groups is 2. The Hall–Kier alpha value is -3.36. The number of alkyl carbamates (subject to hydrolysis) is 1. The van der Waals surface area contributed by atoms with E-state index in [4.69, 9.17) is 25.7 Å². The first-order valence-corrected chi connectivity index (χ1v) is 13.1. The lowest BCUT2D eigenvalue weighted by Gasteiger charge is -2.22. The average Bonchev–Trinajstić information content (AvgIpc) is 3.57. The highest BCUT2D eigenvalue weighted by atomic mass is 16.6. The average molecular weight is 529 g/mol. The SMILES string of the molecule is C#CCOCCOCCn1nccc1C(=O)Nc1cc([C@H]2CC[C@@H](OC(=O)NC(C)C)C2)nn1C(C)(C)C. The fourth-order valence-electron chi connectivity index (χ4n) is 4.32. The van der Waals surface area contributed by atoms with Crippen molar-refractivity contribution in [2.45, 2.75) is 84.0 Å². The number of aromatic nitrogens is 4. The van der Waals surface area contributed by atoms with E-state index in [9.17, 15) is 9.59 Å². The smallest absolute Gasteiger partial charge is 0.407 e. The van der Waals surface area contributed by atoms with Crippen LogP contribution >= 0.6 is 0 Å². The van der Waals surface area contributed by atoms with E-state index in [1.807, 2.05) is 45.4 Å². The van der Waals surface area contributed by atoms with Gasteiger partial charge >= 0.3 is 6.09 Å². The summed E-state index contributed by atoms with van der Waals surface area (Å²) in [5, 5.41) is 14.9. The minimum absolute atomic E-state index is 0.0241. The van der Waals surface area contributed by atoms with Crippen molar-refractivity contribution in [1.82, 2.24) is 24.9 Å². The molecule has 2 aromatic rings. The van der Waals surface area contributed by atoms with Gasteiger partial charge in [0.2, 0.25) is 0 Å². The summed E-state index contributed by atoms with van der Waals surface area (Å²) in [5.41, 5.74) is 0.938. The molecule has 208 valence electrons. The molecule has 2 amide bonds. The van der Waals surface area contributed by atoms with Gasteiger partial charge in [-0.15, -0.1) is 6.42 Å². The molecule has 1 saturated carbocycles. The number of terminal acetylenes is 1. The van der Waals surface area contributed by atoms with Crippen molar-refractivity contribution in [1.29, 1.82) is 0 Å². The number of ether oxygens (including phenoxy) is 3. The molecule has 0 bridgehead atoms. The highest BCUT2D eigenvalue weighted by Crippen LogP contribution is 2.37. The number of rotatable bonds is 12. The van der Waals surface area contributed by atoms with Gasteiger partial charge in [0.15, 0.2) is 0 Å². The molecule has 2 atom stereocenters. The predicted molar refractivity (Wildman–Crippen MR) is 143 cm³/mol. The van der Waals surface area contributed by atoms with E-state index in [1.54, 1.807) is 16.9 Å². The van der Waals surface area contributed by atoms with Crippen LogP contribution in [0.3, 0.4) is 0 Å². The second-order valence-electron chi connectivity index (χ2n) is 10.6. The summed E-state index contributed by atoms with van der Waals surface area (Å²) in [7, 11) is 0. The van der Waals surface area contributed by atoms with E-state index in [2.05, 4.69) is 21.7 Å². The van der Waals surface area contributed by atoms with Crippen LogP contribution in [0.15, 0.2) is 18.3 Å². The van der Waals surface area contributed by atoms with E-state index in [1.165, 1.54) is 0 Å². The summed E-state index contributed by atoms with van der Waals surface area (Å²) in [6.45, 7) is 11.8. The number of nitrogens with zero attached hydrogens (tertiary/aromatic N) is 4.